The van der Waals surface area contributed by atoms with E-state index in [2.05, 4.69) is 15.9 Å². The minimum absolute atomic E-state index is 0.458. The Morgan fingerprint density at radius 2 is 2.00 bits per heavy atom. The molecule has 0 amide bonds. The highest BCUT2D eigenvalue weighted by atomic mass is 79.9. The molecule has 0 aliphatic heterocycles. The Morgan fingerprint density at radius 3 is 2.47 bits per heavy atom. The van der Waals surface area contributed by atoms with Gasteiger partial charge in [-0.05, 0) is 25.1 Å². The van der Waals surface area contributed by atoms with Crippen LogP contribution in [0.1, 0.15) is 18.6 Å². The third-order valence-corrected chi connectivity index (χ3v) is 4.73. The molecule has 1 aromatic carbocycles. The van der Waals surface area contributed by atoms with E-state index in [9.17, 15) is 13.5 Å². The molecule has 0 radical (unpaired) electrons. The molecular weight excluding hydrogens is 308 g/mol. The first kappa shape index (κ1) is 14.5. The van der Waals surface area contributed by atoms with Gasteiger partial charge in [0.15, 0.2) is 9.84 Å². The summed E-state index contributed by atoms with van der Waals surface area (Å²) in [5.74, 6) is 0.469. The predicted octanol–water partition coefficient (Wildman–Crippen LogP) is 1.92. The topological polar surface area (TPSA) is 63.6 Å². The van der Waals surface area contributed by atoms with Crippen molar-refractivity contribution in [2.45, 2.75) is 18.3 Å². The van der Waals surface area contributed by atoms with Crippen molar-refractivity contribution in [3.8, 4) is 5.75 Å². The fourth-order valence-electron chi connectivity index (χ4n) is 1.42. The predicted molar refractivity (Wildman–Crippen MR) is 70.0 cm³/mol. The molecular formula is C11H15BrO4S. The number of rotatable bonds is 4. The van der Waals surface area contributed by atoms with Gasteiger partial charge < -0.3 is 9.84 Å². The SMILES string of the molecule is COc1ccc(Br)cc1C(O)C(C)S(C)(=O)=O. The molecule has 0 aromatic heterocycles. The van der Waals surface area contributed by atoms with E-state index in [1.54, 1.807) is 18.2 Å². The van der Waals surface area contributed by atoms with Gasteiger partial charge in [-0.15, -0.1) is 0 Å². The lowest BCUT2D eigenvalue weighted by Gasteiger charge is -2.20. The molecule has 1 rings (SSSR count). The third-order valence-electron chi connectivity index (χ3n) is 2.63. The van der Waals surface area contributed by atoms with Crippen LogP contribution in [0.5, 0.6) is 5.75 Å². The van der Waals surface area contributed by atoms with Crippen LogP contribution in [0.2, 0.25) is 0 Å². The van der Waals surface area contributed by atoms with Crippen molar-refractivity contribution in [2.24, 2.45) is 0 Å². The van der Waals surface area contributed by atoms with Crippen molar-refractivity contribution >= 4 is 25.8 Å². The summed E-state index contributed by atoms with van der Waals surface area (Å²) in [6.07, 6.45) is -0.0109. The van der Waals surface area contributed by atoms with Crippen LogP contribution in [0.15, 0.2) is 22.7 Å². The lowest BCUT2D eigenvalue weighted by atomic mass is 10.1. The highest BCUT2D eigenvalue weighted by Crippen LogP contribution is 2.32. The van der Waals surface area contributed by atoms with Gasteiger partial charge in [-0.2, -0.15) is 0 Å². The maximum Gasteiger partial charge on any atom is 0.152 e. The zero-order valence-electron chi connectivity index (χ0n) is 9.84. The Bertz CT molecular complexity index is 498. The molecule has 0 heterocycles. The molecule has 6 heteroatoms. The Hall–Kier alpha value is -0.590. The maximum atomic E-state index is 11.4. The monoisotopic (exact) mass is 322 g/mol. The zero-order chi connectivity index (χ0) is 13.2. The third kappa shape index (κ3) is 3.43. The minimum atomic E-state index is -3.31. The van der Waals surface area contributed by atoms with Crippen LogP contribution >= 0.6 is 15.9 Å². The van der Waals surface area contributed by atoms with Crippen molar-refractivity contribution < 1.29 is 18.3 Å². The van der Waals surface area contributed by atoms with Gasteiger partial charge >= 0.3 is 0 Å². The van der Waals surface area contributed by atoms with E-state index >= 15 is 0 Å². The first-order chi connectivity index (χ1) is 7.77. The van der Waals surface area contributed by atoms with Crippen molar-refractivity contribution in [3.05, 3.63) is 28.2 Å². The molecule has 4 nitrogen and oxygen atoms in total. The molecule has 0 bridgehead atoms. The van der Waals surface area contributed by atoms with Crippen molar-refractivity contribution in [2.75, 3.05) is 13.4 Å². The highest BCUT2D eigenvalue weighted by Gasteiger charge is 2.27. The van der Waals surface area contributed by atoms with Crippen molar-refractivity contribution in [1.29, 1.82) is 0 Å². The quantitative estimate of drug-likeness (QED) is 0.919. The van der Waals surface area contributed by atoms with Gasteiger partial charge in [0, 0.05) is 16.3 Å². The maximum absolute atomic E-state index is 11.4. The summed E-state index contributed by atoms with van der Waals surface area (Å²) in [5.41, 5.74) is 0.458. The fourth-order valence-corrected chi connectivity index (χ4v) is 2.42. The molecule has 2 unspecified atom stereocenters. The molecule has 1 aromatic rings. The summed E-state index contributed by atoms with van der Waals surface area (Å²) in [6.45, 7) is 1.47. The number of halogens is 1. The van der Waals surface area contributed by atoms with Crippen molar-refractivity contribution in [3.63, 3.8) is 0 Å². The van der Waals surface area contributed by atoms with Gasteiger partial charge in [0.2, 0.25) is 0 Å². The highest BCUT2D eigenvalue weighted by molar-refractivity contribution is 9.10. The van der Waals surface area contributed by atoms with Crippen LogP contribution in [-0.2, 0) is 9.84 Å². The molecule has 0 saturated heterocycles. The number of hydrogen-bond acceptors (Lipinski definition) is 4. The van der Waals surface area contributed by atoms with Crippen LogP contribution in [0.3, 0.4) is 0 Å². The average Bonchev–Trinajstić information content (AvgIpc) is 2.25. The summed E-state index contributed by atoms with van der Waals surface area (Å²) in [5, 5.41) is 9.20. The van der Waals surface area contributed by atoms with Crippen LogP contribution in [-0.4, -0.2) is 32.1 Å². The lowest BCUT2D eigenvalue weighted by molar-refractivity contribution is 0.172. The van der Waals surface area contributed by atoms with E-state index in [1.165, 1.54) is 14.0 Å². The largest absolute Gasteiger partial charge is 0.496 e. The number of aliphatic hydroxyl groups is 1. The van der Waals surface area contributed by atoms with Crippen molar-refractivity contribution in [1.82, 2.24) is 0 Å². The second-order valence-corrected chi connectivity index (χ2v) is 7.18. The first-order valence-electron chi connectivity index (χ1n) is 4.97. The van der Waals surface area contributed by atoms with Crippen LogP contribution in [0, 0.1) is 0 Å². The molecule has 0 aliphatic rings. The fraction of sp³-hybridized carbons (Fsp3) is 0.455. The molecule has 0 aliphatic carbocycles. The molecule has 17 heavy (non-hydrogen) atoms. The molecule has 0 spiro atoms. The van der Waals surface area contributed by atoms with Crippen LogP contribution in [0.25, 0.3) is 0 Å². The van der Waals surface area contributed by atoms with E-state index in [0.29, 0.717) is 11.3 Å². The first-order valence-corrected chi connectivity index (χ1v) is 7.72. The van der Waals surface area contributed by atoms with Gasteiger partial charge in [-0.1, -0.05) is 15.9 Å². The summed E-state index contributed by atoms with van der Waals surface area (Å²) >= 11 is 3.28. The Labute approximate surface area is 110 Å². The molecule has 96 valence electrons. The van der Waals surface area contributed by atoms with Gasteiger partial charge in [-0.3, -0.25) is 0 Å². The second-order valence-electron chi connectivity index (χ2n) is 3.87. The number of sulfone groups is 1. The smallest absolute Gasteiger partial charge is 0.152 e. The van der Waals surface area contributed by atoms with E-state index < -0.39 is 21.2 Å². The Balaban J connectivity index is 3.19. The number of aliphatic hydroxyl groups excluding tert-OH is 1. The molecule has 2 atom stereocenters. The standard InChI is InChI=1S/C11H15BrO4S/c1-7(17(3,14)15)11(13)9-6-8(12)4-5-10(9)16-2/h4-7,11,13H,1-3H3. The van der Waals surface area contributed by atoms with E-state index in [1.807, 2.05) is 0 Å². The minimum Gasteiger partial charge on any atom is -0.496 e. The average molecular weight is 323 g/mol. The number of hydrogen-bond donors (Lipinski definition) is 1. The van der Waals surface area contributed by atoms with E-state index in [-0.39, 0.29) is 0 Å². The lowest BCUT2D eigenvalue weighted by Crippen LogP contribution is -2.24. The van der Waals surface area contributed by atoms with Gasteiger partial charge in [-0.25, -0.2) is 8.42 Å². The normalized spacial score (nSPS) is 15.4. The van der Waals surface area contributed by atoms with E-state index in [0.717, 1.165) is 10.7 Å². The van der Waals surface area contributed by atoms with E-state index in [4.69, 9.17) is 4.74 Å². The number of ether oxygens (including phenoxy) is 1. The number of methoxy groups -OCH3 is 1. The molecule has 0 saturated carbocycles. The Morgan fingerprint density at radius 1 is 1.41 bits per heavy atom. The molecule has 0 fully saturated rings. The summed E-state index contributed by atoms with van der Waals surface area (Å²) < 4.78 is 28.7. The summed E-state index contributed by atoms with van der Waals surface area (Å²) in [7, 11) is -1.83. The molecule has 1 N–H and O–H groups in total. The van der Waals surface area contributed by atoms with Crippen LogP contribution in [0.4, 0.5) is 0 Å². The summed E-state index contributed by atoms with van der Waals surface area (Å²) in [6, 6.07) is 5.10. The van der Waals surface area contributed by atoms with Crippen LogP contribution < -0.4 is 4.74 Å². The van der Waals surface area contributed by atoms with Gasteiger partial charge in [0.25, 0.3) is 0 Å². The second kappa shape index (κ2) is 5.37. The van der Waals surface area contributed by atoms with Gasteiger partial charge in [0.1, 0.15) is 5.75 Å². The zero-order valence-corrected chi connectivity index (χ0v) is 12.2. The van der Waals surface area contributed by atoms with Gasteiger partial charge in [0.05, 0.1) is 18.5 Å². The summed E-state index contributed by atoms with van der Waals surface area (Å²) in [4.78, 5) is 0. The number of benzene rings is 1. The Kier molecular flexibility index (Phi) is 4.57.